The smallest absolute Gasteiger partial charge is 0.0641 e. The lowest BCUT2D eigenvalue weighted by Gasteiger charge is -2.05. The fraction of sp³-hybridized carbons (Fsp3) is 0.727. The molecule has 0 radical (unpaired) electrons. The summed E-state index contributed by atoms with van der Waals surface area (Å²) in [5.41, 5.74) is 3.70. The first-order valence-corrected chi connectivity index (χ1v) is 5.43. The summed E-state index contributed by atoms with van der Waals surface area (Å²) in [7, 11) is 1.72. The van der Waals surface area contributed by atoms with E-state index in [-0.39, 0.29) is 0 Å². The van der Waals surface area contributed by atoms with Gasteiger partial charge in [0, 0.05) is 38.0 Å². The molecular formula is C11H21N3O. The third-order valence-corrected chi connectivity index (χ3v) is 2.62. The van der Waals surface area contributed by atoms with E-state index in [2.05, 4.69) is 31.2 Å². The van der Waals surface area contributed by atoms with E-state index in [1.165, 1.54) is 11.3 Å². The number of hydrogen-bond donors (Lipinski definition) is 1. The van der Waals surface area contributed by atoms with Crippen molar-refractivity contribution in [1.82, 2.24) is 15.1 Å². The van der Waals surface area contributed by atoms with Crippen LogP contribution in [0.3, 0.4) is 0 Å². The highest BCUT2D eigenvalue weighted by Gasteiger charge is 2.09. The van der Waals surface area contributed by atoms with Crippen LogP contribution in [0.4, 0.5) is 0 Å². The molecule has 4 nitrogen and oxygen atoms in total. The van der Waals surface area contributed by atoms with Crippen molar-refractivity contribution in [2.75, 3.05) is 20.3 Å². The van der Waals surface area contributed by atoms with Crippen LogP contribution < -0.4 is 5.32 Å². The third kappa shape index (κ3) is 3.04. The number of rotatable bonds is 6. The molecule has 1 heterocycles. The topological polar surface area (TPSA) is 39.1 Å². The molecule has 4 heteroatoms. The minimum absolute atomic E-state index is 0.750. The number of nitrogens with zero attached hydrogens (tertiary/aromatic N) is 2. The molecule has 15 heavy (non-hydrogen) atoms. The summed E-state index contributed by atoms with van der Waals surface area (Å²) in [4.78, 5) is 0. The number of methoxy groups -OCH3 is 1. The highest BCUT2D eigenvalue weighted by molar-refractivity contribution is 5.24. The van der Waals surface area contributed by atoms with Crippen molar-refractivity contribution >= 4 is 0 Å². The van der Waals surface area contributed by atoms with Crippen LogP contribution in [0, 0.1) is 13.8 Å². The summed E-state index contributed by atoms with van der Waals surface area (Å²) in [5.74, 6) is 0. The average molecular weight is 211 g/mol. The van der Waals surface area contributed by atoms with Gasteiger partial charge in [-0.05, 0) is 20.8 Å². The second-order valence-corrected chi connectivity index (χ2v) is 3.63. The molecule has 0 aliphatic rings. The lowest BCUT2D eigenvalue weighted by molar-refractivity contribution is 0.199. The lowest BCUT2D eigenvalue weighted by Crippen LogP contribution is -2.19. The van der Waals surface area contributed by atoms with E-state index in [1.54, 1.807) is 7.11 Å². The van der Waals surface area contributed by atoms with E-state index in [1.807, 2.05) is 4.68 Å². The molecule has 1 aromatic rings. The normalized spacial score (nSPS) is 10.9. The molecule has 0 saturated heterocycles. The standard InChI is InChI=1S/C11H21N3O/c1-5-14-10(3)11(9(2)13-14)8-12-6-7-15-4/h12H,5-8H2,1-4H3. The zero-order valence-corrected chi connectivity index (χ0v) is 10.1. The molecule has 86 valence electrons. The van der Waals surface area contributed by atoms with E-state index >= 15 is 0 Å². The molecule has 0 fully saturated rings. The van der Waals surface area contributed by atoms with Gasteiger partial charge in [0.25, 0.3) is 0 Å². The molecule has 1 rings (SSSR count). The van der Waals surface area contributed by atoms with Crippen molar-refractivity contribution in [2.24, 2.45) is 0 Å². The number of nitrogens with one attached hydrogen (secondary N) is 1. The highest BCUT2D eigenvalue weighted by Crippen LogP contribution is 2.12. The van der Waals surface area contributed by atoms with E-state index < -0.39 is 0 Å². The molecule has 0 aliphatic carbocycles. The Balaban J connectivity index is 2.56. The van der Waals surface area contributed by atoms with Gasteiger partial charge in [-0.2, -0.15) is 5.10 Å². The van der Waals surface area contributed by atoms with Gasteiger partial charge in [-0.1, -0.05) is 0 Å². The minimum atomic E-state index is 0.750. The zero-order valence-electron chi connectivity index (χ0n) is 10.1. The fourth-order valence-corrected chi connectivity index (χ4v) is 1.69. The van der Waals surface area contributed by atoms with Crippen LogP contribution in [0.2, 0.25) is 0 Å². The quantitative estimate of drug-likeness (QED) is 0.720. The maximum atomic E-state index is 4.98. The Morgan fingerprint density at radius 1 is 1.40 bits per heavy atom. The van der Waals surface area contributed by atoms with E-state index in [9.17, 15) is 0 Å². The molecule has 0 saturated carbocycles. The van der Waals surface area contributed by atoms with Gasteiger partial charge in [0.15, 0.2) is 0 Å². The van der Waals surface area contributed by atoms with Crippen LogP contribution in [0.5, 0.6) is 0 Å². The summed E-state index contributed by atoms with van der Waals surface area (Å²) >= 11 is 0. The summed E-state index contributed by atoms with van der Waals surface area (Å²) < 4.78 is 7.03. The Kier molecular flexibility index (Phi) is 4.78. The van der Waals surface area contributed by atoms with Gasteiger partial charge in [-0.15, -0.1) is 0 Å². The third-order valence-electron chi connectivity index (χ3n) is 2.62. The molecule has 1 N–H and O–H groups in total. The maximum absolute atomic E-state index is 4.98. The van der Waals surface area contributed by atoms with Crippen molar-refractivity contribution in [3.63, 3.8) is 0 Å². The number of aromatic nitrogens is 2. The largest absolute Gasteiger partial charge is 0.383 e. The predicted octanol–water partition coefficient (Wildman–Crippen LogP) is 1.26. The molecule has 0 bridgehead atoms. The number of aryl methyl sites for hydroxylation is 2. The second kappa shape index (κ2) is 5.88. The van der Waals surface area contributed by atoms with Gasteiger partial charge >= 0.3 is 0 Å². The summed E-state index contributed by atoms with van der Waals surface area (Å²) in [6, 6.07) is 0. The lowest BCUT2D eigenvalue weighted by atomic mass is 10.2. The Morgan fingerprint density at radius 3 is 2.67 bits per heavy atom. The zero-order chi connectivity index (χ0) is 11.3. The van der Waals surface area contributed by atoms with Gasteiger partial charge < -0.3 is 10.1 Å². The van der Waals surface area contributed by atoms with Crippen molar-refractivity contribution in [2.45, 2.75) is 33.9 Å². The van der Waals surface area contributed by atoms with E-state index in [0.29, 0.717) is 0 Å². The SMILES string of the molecule is CCn1nc(C)c(CNCCOC)c1C. The Morgan fingerprint density at radius 2 is 2.13 bits per heavy atom. The first-order valence-electron chi connectivity index (χ1n) is 5.43. The molecule has 0 amide bonds. The monoisotopic (exact) mass is 211 g/mol. The molecule has 0 spiro atoms. The first-order chi connectivity index (χ1) is 7.20. The Hall–Kier alpha value is -0.870. The second-order valence-electron chi connectivity index (χ2n) is 3.63. The molecule has 0 aromatic carbocycles. The number of ether oxygens (including phenoxy) is 1. The Labute approximate surface area is 91.6 Å². The van der Waals surface area contributed by atoms with Crippen LogP contribution in [0.25, 0.3) is 0 Å². The van der Waals surface area contributed by atoms with Gasteiger partial charge in [0.05, 0.1) is 12.3 Å². The first kappa shape index (κ1) is 12.2. The fourth-order valence-electron chi connectivity index (χ4n) is 1.69. The van der Waals surface area contributed by atoms with Crippen molar-refractivity contribution in [3.8, 4) is 0 Å². The molecule has 0 aliphatic heterocycles. The van der Waals surface area contributed by atoms with Gasteiger partial charge in [-0.25, -0.2) is 0 Å². The Bertz CT molecular complexity index is 307. The van der Waals surface area contributed by atoms with Crippen LogP contribution in [-0.4, -0.2) is 30.0 Å². The van der Waals surface area contributed by atoms with Crippen LogP contribution in [-0.2, 0) is 17.8 Å². The van der Waals surface area contributed by atoms with Gasteiger partial charge in [-0.3, -0.25) is 4.68 Å². The summed E-state index contributed by atoms with van der Waals surface area (Å²) in [6.45, 7) is 9.74. The van der Waals surface area contributed by atoms with Crippen molar-refractivity contribution < 1.29 is 4.74 Å². The molecule has 0 atom stereocenters. The van der Waals surface area contributed by atoms with Crippen LogP contribution >= 0.6 is 0 Å². The van der Waals surface area contributed by atoms with Gasteiger partial charge in [0.2, 0.25) is 0 Å². The average Bonchev–Trinajstić information content (AvgIpc) is 2.50. The molecule has 1 aromatic heterocycles. The van der Waals surface area contributed by atoms with Crippen LogP contribution in [0.15, 0.2) is 0 Å². The summed E-state index contributed by atoms with van der Waals surface area (Å²) in [5, 5.41) is 7.82. The van der Waals surface area contributed by atoms with E-state index in [4.69, 9.17) is 4.74 Å². The minimum Gasteiger partial charge on any atom is -0.383 e. The molecule has 0 unspecified atom stereocenters. The maximum Gasteiger partial charge on any atom is 0.0641 e. The number of hydrogen-bond acceptors (Lipinski definition) is 3. The van der Waals surface area contributed by atoms with Crippen LogP contribution in [0.1, 0.15) is 23.9 Å². The van der Waals surface area contributed by atoms with Crippen molar-refractivity contribution in [1.29, 1.82) is 0 Å². The summed E-state index contributed by atoms with van der Waals surface area (Å²) in [6.07, 6.45) is 0. The van der Waals surface area contributed by atoms with Crippen molar-refractivity contribution in [3.05, 3.63) is 17.0 Å². The van der Waals surface area contributed by atoms with Gasteiger partial charge in [0.1, 0.15) is 0 Å². The predicted molar refractivity (Wildman–Crippen MR) is 61.0 cm³/mol. The van der Waals surface area contributed by atoms with E-state index in [0.717, 1.165) is 31.9 Å². The highest BCUT2D eigenvalue weighted by atomic mass is 16.5. The molecular weight excluding hydrogens is 190 g/mol.